The zero-order valence-corrected chi connectivity index (χ0v) is 16.8. The molecule has 1 heterocycles. The van der Waals surface area contributed by atoms with E-state index < -0.39 is 24.4 Å². The quantitative estimate of drug-likeness (QED) is 0.535. The van der Waals surface area contributed by atoms with Crippen LogP contribution in [0.3, 0.4) is 0 Å². The molecule has 0 unspecified atom stereocenters. The smallest absolute Gasteiger partial charge is 0.311 e. The molecule has 3 rings (SSSR count). The lowest BCUT2D eigenvalue weighted by Crippen LogP contribution is -2.29. The molecule has 0 radical (unpaired) electrons. The Labute approximate surface area is 175 Å². The first-order valence-electron chi connectivity index (χ1n) is 9.81. The molecule has 7 heteroatoms. The number of hydrogen-bond donors (Lipinski definition) is 1. The van der Waals surface area contributed by atoms with Gasteiger partial charge in [0.25, 0.3) is 5.91 Å². The summed E-state index contributed by atoms with van der Waals surface area (Å²) in [6, 6.07) is 16.3. The van der Waals surface area contributed by atoms with Crippen molar-refractivity contribution in [2.24, 2.45) is 5.92 Å². The maximum absolute atomic E-state index is 12.3. The van der Waals surface area contributed by atoms with Crippen molar-refractivity contribution >= 4 is 29.3 Å². The molecule has 0 saturated carbocycles. The molecular formula is C23H24N2O5. The summed E-state index contributed by atoms with van der Waals surface area (Å²) in [6.07, 6.45) is 0.820. The Morgan fingerprint density at radius 3 is 2.43 bits per heavy atom. The molecule has 2 amide bonds. The molecule has 30 heavy (non-hydrogen) atoms. The van der Waals surface area contributed by atoms with E-state index in [-0.39, 0.29) is 18.1 Å². The standard InChI is InChI=1S/C23H24N2O5/c1-16(26)18-7-9-20(10-8-18)24-21(27)15-30-23(29)19-13-22(28)25(14-19)12-11-17-5-3-2-4-6-17/h2-10,19H,11-15H2,1H3,(H,24,27)/t19-/m0/s1. The Hall–Kier alpha value is -3.48. The van der Waals surface area contributed by atoms with Gasteiger partial charge in [0, 0.05) is 30.8 Å². The van der Waals surface area contributed by atoms with Crippen molar-refractivity contribution in [3.63, 3.8) is 0 Å². The summed E-state index contributed by atoms with van der Waals surface area (Å²) in [6.45, 7) is 1.88. The van der Waals surface area contributed by atoms with E-state index in [0.717, 1.165) is 12.0 Å². The van der Waals surface area contributed by atoms with Gasteiger partial charge in [-0.2, -0.15) is 0 Å². The predicted octanol–water partition coefficient (Wildman–Crippen LogP) is 2.46. The Morgan fingerprint density at radius 2 is 1.77 bits per heavy atom. The van der Waals surface area contributed by atoms with Gasteiger partial charge in [0.15, 0.2) is 12.4 Å². The lowest BCUT2D eigenvalue weighted by atomic mass is 10.1. The molecule has 7 nitrogen and oxygen atoms in total. The number of carbonyl (C=O) groups is 4. The molecule has 1 N–H and O–H groups in total. The number of rotatable bonds is 8. The monoisotopic (exact) mass is 408 g/mol. The van der Waals surface area contributed by atoms with Gasteiger partial charge in [-0.25, -0.2) is 0 Å². The Bertz CT molecular complexity index is 924. The highest BCUT2D eigenvalue weighted by Gasteiger charge is 2.35. The third kappa shape index (κ3) is 5.76. The highest BCUT2D eigenvalue weighted by Crippen LogP contribution is 2.20. The topological polar surface area (TPSA) is 92.8 Å². The summed E-state index contributed by atoms with van der Waals surface area (Å²) < 4.78 is 5.10. The number of Topliss-reactive ketones (excluding diaryl/α,β-unsaturated/α-hetero) is 1. The van der Waals surface area contributed by atoms with E-state index >= 15 is 0 Å². The first-order chi connectivity index (χ1) is 14.4. The SMILES string of the molecule is CC(=O)c1ccc(NC(=O)COC(=O)[C@H]2CC(=O)N(CCc3ccccc3)C2)cc1. The van der Waals surface area contributed by atoms with Crippen molar-refractivity contribution in [3.05, 3.63) is 65.7 Å². The Balaban J connectivity index is 1.42. The van der Waals surface area contributed by atoms with E-state index in [0.29, 0.717) is 24.3 Å². The lowest BCUT2D eigenvalue weighted by molar-refractivity contribution is -0.151. The second-order valence-electron chi connectivity index (χ2n) is 7.27. The maximum atomic E-state index is 12.3. The van der Waals surface area contributed by atoms with Crippen LogP contribution in [-0.2, 0) is 25.5 Å². The number of likely N-dealkylation sites (tertiary alicyclic amines) is 1. The predicted molar refractivity (Wildman–Crippen MR) is 111 cm³/mol. The molecular weight excluding hydrogens is 384 g/mol. The molecule has 0 bridgehead atoms. The third-order valence-electron chi connectivity index (χ3n) is 4.98. The van der Waals surface area contributed by atoms with E-state index in [9.17, 15) is 19.2 Å². The number of ketones is 1. The molecule has 0 aliphatic carbocycles. The number of hydrogen-bond acceptors (Lipinski definition) is 5. The fourth-order valence-electron chi connectivity index (χ4n) is 3.29. The number of carbonyl (C=O) groups excluding carboxylic acids is 4. The van der Waals surface area contributed by atoms with Crippen LogP contribution in [0.15, 0.2) is 54.6 Å². The first-order valence-corrected chi connectivity index (χ1v) is 9.81. The van der Waals surface area contributed by atoms with Gasteiger partial charge < -0.3 is 15.0 Å². The van der Waals surface area contributed by atoms with E-state index in [1.807, 2.05) is 30.3 Å². The average molecular weight is 408 g/mol. The number of nitrogens with one attached hydrogen (secondary N) is 1. The lowest BCUT2D eigenvalue weighted by Gasteiger charge is -2.16. The summed E-state index contributed by atoms with van der Waals surface area (Å²) in [5, 5.41) is 2.61. The van der Waals surface area contributed by atoms with Crippen LogP contribution in [0.4, 0.5) is 5.69 Å². The second-order valence-corrected chi connectivity index (χ2v) is 7.27. The van der Waals surface area contributed by atoms with Crippen molar-refractivity contribution in [1.82, 2.24) is 4.90 Å². The van der Waals surface area contributed by atoms with Crippen LogP contribution in [0.2, 0.25) is 0 Å². The minimum Gasteiger partial charge on any atom is -0.455 e. The molecule has 1 aliphatic heterocycles. The number of nitrogens with zero attached hydrogens (tertiary/aromatic N) is 1. The molecule has 1 saturated heterocycles. The van der Waals surface area contributed by atoms with Crippen molar-refractivity contribution in [2.75, 3.05) is 25.0 Å². The Morgan fingerprint density at radius 1 is 1.07 bits per heavy atom. The van der Waals surface area contributed by atoms with E-state index in [2.05, 4.69) is 5.32 Å². The Kier molecular flexibility index (Phi) is 6.95. The second kappa shape index (κ2) is 9.82. The van der Waals surface area contributed by atoms with Gasteiger partial charge in [0.2, 0.25) is 5.91 Å². The molecule has 0 aromatic heterocycles. The molecule has 1 aliphatic rings. The third-order valence-corrected chi connectivity index (χ3v) is 4.98. The minimum atomic E-state index is -0.559. The fraction of sp³-hybridized carbons (Fsp3) is 0.304. The minimum absolute atomic E-state index is 0.0641. The van der Waals surface area contributed by atoms with Gasteiger partial charge in [0.1, 0.15) is 0 Å². The van der Waals surface area contributed by atoms with Crippen molar-refractivity contribution < 1.29 is 23.9 Å². The van der Waals surface area contributed by atoms with Crippen molar-refractivity contribution in [3.8, 4) is 0 Å². The van der Waals surface area contributed by atoms with Crippen LogP contribution in [0, 0.1) is 5.92 Å². The molecule has 2 aromatic carbocycles. The average Bonchev–Trinajstić information content (AvgIpc) is 3.12. The zero-order valence-electron chi connectivity index (χ0n) is 16.8. The van der Waals surface area contributed by atoms with Crippen LogP contribution in [0.5, 0.6) is 0 Å². The number of ether oxygens (including phenoxy) is 1. The first kappa shape index (κ1) is 21.2. The number of anilines is 1. The van der Waals surface area contributed by atoms with Crippen molar-refractivity contribution in [1.29, 1.82) is 0 Å². The normalized spacial score (nSPS) is 15.7. The highest BCUT2D eigenvalue weighted by atomic mass is 16.5. The molecule has 2 aromatic rings. The van der Waals surface area contributed by atoms with Gasteiger partial charge >= 0.3 is 5.97 Å². The molecule has 1 fully saturated rings. The van der Waals surface area contributed by atoms with E-state index in [1.165, 1.54) is 6.92 Å². The van der Waals surface area contributed by atoms with Gasteiger partial charge in [-0.15, -0.1) is 0 Å². The van der Waals surface area contributed by atoms with Crippen LogP contribution < -0.4 is 5.32 Å². The summed E-state index contributed by atoms with van der Waals surface area (Å²) in [5.74, 6) is -1.73. The van der Waals surface area contributed by atoms with Crippen LogP contribution in [-0.4, -0.2) is 48.2 Å². The van der Waals surface area contributed by atoms with Gasteiger partial charge in [-0.05, 0) is 43.2 Å². The summed E-state index contributed by atoms with van der Waals surface area (Å²) in [7, 11) is 0. The molecule has 156 valence electrons. The number of amides is 2. The molecule has 0 spiro atoms. The van der Waals surface area contributed by atoms with E-state index in [1.54, 1.807) is 29.2 Å². The van der Waals surface area contributed by atoms with Crippen LogP contribution in [0.25, 0.3) is 0 Å². The van der Waals surface area contributed by atoms with Gasteiger partial charge in [0.05, 0.1) is 5.92 Å². The largest absolute Gasteiger partial charge is 0.455 e. The zero-order chi connectivity index (χ0) is 21.5. The fourth-order valence-corrected chi connectivity index (χ4v) is 3.29. The maximum Gasteiger partial charge on any atom is 0.311 e. The molecule has 1 atom stereocenters. The van der Waals surface area contributed by atoms with Crippen LogP contribution >= 0.6 is 0 Å². The number of esters is 1. The van der Waals surface area contributed by atoms with Crippen LogP contribution in [0.1, 0.15) is 29.3 Å². The van der Waals surface area contributed by atoms with Crippen molar-refractivity contribution in [2.45, 2.75) is 19.8 Å². The highest BCUT2D eigenvalue weighted by molar-refractivity contribution is 5.96. The summed E-state index contributed by atoms with van der Waals surface area (Å²) in [5.41, 5.74) is 2.18. The van der Waals surface area contributed by atoms with Gasteiger partial charge in [-0.3, -0.25) is 19.2 Å². The van der Waals surface area contributed by atoms with Gasteiger partial charge in [-0.1, -0.05) is 30.3 Å². The van der Waals surface area contributed by atoms with E-state index in [4.69, 9.17) is 4.74 Å². The summed E-state index contributed by atoms with van der Waals surface area (Å²) >= 11 is 0. The summed E-state index contributed by atoms with van der Waals surface area (Å²) in [4.78, 5) is 49.4. The number of benzene rings is 2.